The summed E-state index contributed by atoms with van der Waals surface area (Å²) in [5.41, 5.74) is 0. The molecule has 0 saturated heterocycles. The van der Waals surface area contributed by atoms with Gasteiger partial charge in [0, 0.05) is 6.42 Å². The second-order valence-corrected chi connectivity index (χ2v) is 17.9. The molecule has 1 amide bonds. The summed E-state index contributed by atoms with van der Waals surface area (Å²) in [5, 5.41) is 23.8. The summed E-state index contributed by atoms with van der Waals surface area (Å²) in [5.74, 6) is -0.452. The van der Waals surface area contributed by atoms with E-state index >= 15 is 0 Å². The highest BCUT2D eigenvalue weighted by molar-refractivity contribution is 5.77. The van der Waals surface area contributed by atoms with E-state index in [-0.39, 0.29) is 24.9 Å². The molecule has 6 nitrogen and oxygen atoms in total. The van der Waals surface area contributed by atoms with E-state index in [2.05, 4.69) is 26.1 Å². The van der Waals surface area contributed by atoms with Crippen molar-refractivity contribution in [1.29, 1.82) is 0 Å². The lowest BCUT2D eigenvalue weighted by Crippen LogP contribution is -2.46. The predicted octanol–water partition coefficient (Wildman–Crippen LogP) is 15.2. The van der Waals surface area contributed by atoms with E-state index in [1.54, 1.807) is 0 Å². The third-order valence-electron chi connectivity index (χ3n) is 12.2. The SMILES string of the molecule is CCCCCCCCCCCCCCCCC(O)C(CO)NC(=O)CC(CCCCCCCCCCCCC)OC(=O)CCCCCCCCCCCCCCC. The van der Waals surface area contributed by atoms with Gasteiger partial charge in [-0.15, -0.1) is 0 Å². The Labute approximate surface area is 356 Å². The van der Waals surface area contributed by atoms with E-state index in [4.69, 9.17) is 4.74 Å². The molecule has 0 fully saturated rings. The monoisotopic (exact) mass is 808 g/mol. The lowest BCUT2D eigenvalue weighted by atomic mass is 10.0. The number of rotatable bonds is 47. The van der Waals surface area contributed by atoms with Crippen molar-refractivity contribution in [3.8, 4) is 0 Å². The minimum Gasteiger partial charge on any atom is -0.462 e. The number of aliphatic hydroxyl groups is 2. The number of esters is 1. The first-order chi connectivity index (χ1) is 28.0. The maximum absolute atomic E-state index is 13.2. The number of aliphatic hydroxyl groups excluding tert-OH is 2. The molecular weight excluding hydrogens is 707 g/mol. The second kappa shape index (κ2) is 45.9. The zero-order valence-corrected chi connectivity index (χ0v) is 38.8. The topological polar surface area (TPSA) is 95.9 Å². The van der Waals surface area contributed by atoms with Crippen molar-refractivity contribution < 1.29 is 24.5 Å². The van der Waals surface area contributed by atoms with Gasteiger partial charge in [-0.25, -0.2) is 0 Å². The highest BCUT2D eigenvalue weighted by atomic mass is 16.5. The Morgan fingerprint density at radius 3 is 1.07 bits per heavy atom. The molecule has 0 rings (SSSR count). The molecule has 0 aliphatic rings. The van der Waals surface area contributed by atoms with Gasteiger partial charge < -0.3 is 20.3 Å². The lowest BCUT2D eigenvalue weighted by molar-refractivity contribution is -0.151. The van der Waals surface area contributed by atoms with Crippen LogP contribution in [0.3, 0.4) is 0 Å². The molecule has 0 radical (unpaired) electrons. The van der Waals surface area contributed by atoms with Crippen LogP contribution in [0.4, 0.5) is 0 Å². The predicted molar refractivity (Wildman–Crippen MR) is 246 cm³/mol. The van der Waals surface area contributed by atoms with Gasteiger partial charge in [-0.05, 0) is 25.7 Å². The minimum absolute atomic E-state index is 0.0875. The van der Waals surface area contributed by atoms with Gasteiger partial charge in [0.25, 0.3) is 0 Å². The van der Waals surface area contributed by atoms with Crippen LogP contribution >= 0.6 is 0 Å². The Bertz CT molecular complexity index is 821. The highest BCUT2D eigenvalue weighted by Gasteiger charge is 2.24. The van der Waals surface area contributed by atoms with E-state index in [9.17, 15) is 19.8 Å². The lowest BCUT2D eigenvalue weighted by Gasteiger charge is -2.24. The van der Waals surface area contributed by atoms with Crippen LogP contribution in [0, 0.1) is 0 Å². The van der Waals surface area contributed by atoms with E-state index in [1.165, 1.54) is 205 Å². The average molecular weight is 808 g/mol. The van der Waals surface area contributed by atoms with Crippen LogP contribution in [0.5, 0.6) is 0 Å². The Morgan fingerprint density at radius 1 is 0.439 bits per heavy atom. The summed E-state index contributed by atoms with van der Waals surface area (Å²) in [4.78, 5) is 26.1. The molecule has 0 aromatic carbocycles. The molecule has 3 unspecified atom stereocenters. The molecule has 3 N–H and O–H groups in total. The fraction of sp³-hybridized carbons (Fsp3) is 0.961. The first-order valence-electron chi connectivity index (χ1n) is 25.8. The third kappa shape index (κ3) is 41.4. The van der Waals surface area contributed by atoms with Gasteiger partial charge in [-0.1, -0.05) is 252 Å². The molecular formula is C51H101NO5. The largest absolute Gasteiger partial charge is 0.462 e. The van der Waals surface area contributed by atoms with Crippen molar-refractivity contribution in [1.82, 2.24) is 5.32 Å². The smallest absolute Gasteiger partial charge is 0.306 e. The van der Waals surface area contributed by atoms with Gasteiger partial charge in [0.2, 0.25) is 5.91 Å². The molecule has 0 aromatic rings. The van der Waals surface area contributed by atoms with Crippen molar-refractivity contribution in [2.45, 2.75) is 309 Å². The molecule has 0 aromatic heterocycles. The van der Waals surface area contributed by atoms with Crippen molar-refractivity contribution >= 4 is 11.9 Å². The van der Waals surface area contributed by atoms with Gasteiger partial charge in [0.1, 0.15) is 6.10 Å². The molecule has 340 valence electrons. The number of nitrogens with one attached hydrogen (secondary N) is 1. The highest BCUT2D eigenvalue weighted by Crippen LogP contribution is 2.19. The van der Waals surface area contributed by atoms with Crippen LogP contribution in [-0.4, -0.2) is 46.9 Å². The number of hydrogen-bond donors (Lipinski definition) is 3. The second-order valence-electron chi connectivity index (χ2n) is 17.9. The Balaban J connectivity index is 4.47. The van der Waals surface area contributed by atoms with Gasteiger partial charge >= 0.3 is 5.97 Å². The standard InChI is InChI=1S/C51H101NO5/c1-4-7-10-13-16-19-22-24-26-28-31-34-37-40-43-49(54)48(46-53)52-50(55)45-47(42-39-36-33-30-27-21-18-15-12-9-6-3)57-51(56)44-41-38-35-32-29-25-23-20-17-14-11-8-5-2/h47-49,53-54H,4-46H2,1-3H3,(H,52,55). The molecule has 6 heteroatoms. The van der Waals surface area contributed by atoms with Gasteiger partial charge in [0.15, 0.2) is 0 Å². The van der Waals surface area contributed by atoms with Crippen molar-refractivity contribution in [3.05, 3.63) is 0 Å². The molecule has 0 aliphatic carbocycles. The van der Waals surface area contributed by atoms with Crippen LogP contribution in [-0.2, 0) is 14.3 Å². The first kappa shape index (κ1) is 55.9. The Kier molecular flexibility index (Phi) is 45.0. The summed E-state index contributed by atoms with van der Waals surface area (Å²) in [6.45, 7) is 6.50. The third-order valence-corrected chi connectivity index (χ3v) is 12.2. The molecule has 0 aliphatic heterocycles. The summed E-state index contributed by atoms with van der Waals surface area (Å²) in [6.07, 6.45) is 48.7. The summed E-state index contributed by atoms with van der Waals surface area (Å²) < 4.78 is 5.93. The average Bonchev–Trinajstić information content (AvgIpc) is 3.20. The summed E-state index contributed by atoms with van der Waals surface area (Å²) in [7, 11) is 0. The molecule has 0 saturated carbocycles. The summed E-state index contributed by atoms with van der Waals surface area (Å²) >= 11 is 0. The fourth-order valence-electron chi connectivity index (χ4n) is 8.26. The number of ether oxygens (including phenoxy) is 1. The number of carbonyl (C=O) groups is 2. The van der Waals surface area contributed by atoms with Crippen molar-refractivity contribution in [2.24, 2.45) is 0 Å². The van der Waals surface area contributed by atoms with Gasteiger partial charge in [0.05, 0.1) is 25.2 Å². The van der Waals surface area contributed by atoms with Crippen LogP contribution in [0.25, 0.3) is 0 Å². The Morgan fingerprint density at radius 2 is 0.737 bits per heavy atom. The fourth-order valence-corrected chi connectivity index (χ4v) is 8.26. The minimum atomic E-state index is -0.778. The number of unbranched alkanes of at least 4 members (excludes halogenated alkanes) is 35. The van der Waals surface area contributed by atoms with Crippen LogP contribution < -0.4 is 5.32 Å². The van der Waals surface area contributed by atoms with Crippen molar-refractivity contribution in [3.63, 3.8) is 0 Å². The molecule has 0 heterocycles. The molecule has 57 heavy (non-hydrogen) atoms. The zero-order valence-electron chi connectivity index (χ0n) is 38.8. The molecule has 3 atom stereocenters. The number of hydrogen-bond acceptors (Lipinski definition) is 5. The first-order valence-corrected chi connectivity index (χ1v) is 25.8. The van der Waals surface area contributed by atoms with Gasteiger partial charge in [-0.2, -0.15) is 0 Å². The van der Waals surface area contributed by atoms with Crippen LogP contribution in [0.1, 0.15) is 290 Å². The maximum Gasteiger partial charge on any atom is 0.306 e. The number of carbonyl (C=O) groups excluding carboxylic acids is 2. The van der Waals surface area contributed by atoms with Crippen LogP contribution in [0.15, 0.2) is 0 Å². The quantitative estimate of drug-likeness (QED) is 0.0420. The summed E-state index contributed by atoms with van der Waals surface area (Å²) in [6, 6.07) is -0.691. The molecule has 0 bridgehead atoms. The van der Waals surface area contributed by atoms with Gasteiger partial charge in [-0.3, -0.25) is 9.59 Å². The Hall–Kier alpha value is -1.14. The normalized spacial score (nSPS) is 13.1. The van der Waals surface area contributed by atoms with E-state index in [0.717, 1.165) is 38.5 Å². The number of amides is 1. The van der Waals surface area contributed by atoms with E-state index in [1.807, 2.05) is 0 Å². The van der Waals surface area contributed by atoms with Crippen LogP contribution in [0.2, 0.25) is 0 Å². The van der Waals surface area contributed by atoms with Crippen molar-refractivity contribution in [2.75, 3.05) is 6.61 Å². The van der Waals surface area contributed by atoms with E-state index in [0.29, 0.717) is 19.3 Å². The maximum atomic E-state index is 13.2. The van der Waals surface area contributed by atoms with E-state index < -0.39 is 18.2 Å². The molecule has 0 spiro atoms. The zero-order chi connectivity index (χ0) is 41.7.